The van der Waals surface area contributed by atoms with Crippen LogP contribution in [0.25, 0.3) is 10.9 Å². The molecule has 1 spiro atoms. The Morgan fingerprint density at radius 1 is 0.978 bits per heavy atom. The number of guanidine groups is 1. The Kier molecular flexibility index (Phi) is 20.2. The summed E-state index contributed by atoms with van der Waals surface area (Å²) < 4.78 is 12.5. The molecule has 2 aromatic carbocycles. The zero-order chi connectivity index (χ0) is 66.2. The van der Waals surface area contributed by atoms with E-state index in [-0.39, 0.29) is 86.1 Å². The first-order valence-electron chi connectivity index (χ1n) is 32.9. The maximum Gasteiger partial charge on any atom is 0.293 e. The standard InChI is InChI=1S/C68H95N11O12S/c1-9-64(88)34-44-35-66(38-91-39-80,56-46(21-26-77(36-44)37-64)45-17-11-12-18-49(45)73-56)48-31-47-50(32-53(48)90-8)76(7)60-67(47)23-28-78-25-15-22-65(10-2,59(67)78)61(86)68(60,89)62(87)75-74-42(5)20-27-79-55(83)33-54(58(79)85)92-29-14-19-51(81)43(6)72-57(84)41(4)30-52(82)40(3)16-13-24-71-63(69)70/h11-12,15,17-18,22,31-32,39-41,43-44,54,59-61,73,86,88-89H,9-10,13-14,16,19-21,23-30,33-38H2,1-8H3,(H,72,84)(H,75,87)(H4,69,70,71)/b74-42-/t40-,41+,43-,44+,54?,59-,60+,61+,64-,65+,66-,67+,68-/m0/s1. The number of carbonyl (C=O) groups excluding carboxylic acids is 7. The topological polar surface area (TPSA) is 328 Å². The smallest absolute Gasteiger partial charge is 0.293 e. The number of nitrogens with one attached hydrogen (secondary N) is 3. The quantitative estimate of drug-likeness (QED) is 0.0101. The molecule has 24 heteroatoms. The molecule has 6 aliphatic heterocycles. The number of ketones is 2. The zero-order valence-electron chi connectivity index (χ0n) is 54.6. The van der Waals surface area contributed by atoms with Crippen molar-refractivity contribution < 1.29 is 58.4 Å². The number of ether oxygens (including phenoxy) is 2. The van der Waals surface area contributed by atoms with Gasteiger partial charge in [-0.15, -0.1) is 11.8 Å². The molecule has 1 aromatic heterocycles. The number of aliphatic hydroxyl groups is 3. The number of aromatic nitrogens is 1. The Hall–Kier alpha value is -6.70. The summed E-state index contributed by atoms with van der Waals surface area (Å²) in [5.41, 5.74) is 12.4. The van der Waals surface area contributed by atoms with Gasteiger partial charge in [0.25, 0.3) is 12.4 Å². The lowest BCUT2D eigenvalue weighted by molar-refractivity contribution is -0.203. The Morgan fingerprint density at radius 2 is 1.75 bits per heavy atom. The van der Waals surface area contributed by atoms with Gasteiger partial charge in [-0.1, -0.05) is 58.0 Å². The number of thioether (sulfide) groups is 1. The molecule has 2 unspecified atom stereocenters. The monoisotopic (exact) mass is 1290 g/mol. The molecule has 14 atom stereocenters. The summed E-state index contributed by atoms with van der Waals surface area (Å²) in [6, 6.07) is 10.1. The maximum absolute atomic E-state index is 15.4. The second-order valence-corrected chi connectivity index (χ2v) is 28.7. The predicted molar refractivity (Wildman–Crippen MR) is 352 cm³/mol. The fourth-order valence-corrected chi connectivity index (χ4v) is 18.3. The van der Waals surface area contributed by atoms with E-state index in [4.69, 9.17) is 20.9 Å². The highest BCUT2D eigenvalue weighted by molar-refractivity contribution is 8.00. The largest absolute Gasteiger partial charge is 0.496 e. The molecular weight excluding hydrogens is 1190 g/mol. The number of H-pyrrole nitrogens is 1. The number of fused-ring (bicyclic) bond motifs is 6. The number of likely N-dealkylation sites (N-methyl/N-ethyl adjacent to an activating group) is 1. The van der Waals surface area contributed by atoms with Gasteiger partial charge in [0.15, 0.2) is 17.3 Å². The Balaban J connectivity index is 0.853. The molecule has 1 aliphatic carbocycles. The number of carbonyl (C=O) groups is 7. The molecule has 7 heterocycles. The van der Waals surface area contributed by atoms with Crippen LogP contribution in [0.4, 0.5) is 5.69 Å². The first-order valence-corrected chi connectivity index (χ1v) is 34.0. The number of likely N-dealkylation sites (tertiary alicyclic amines) is 1. The number of hydrazone groups is 1. The number of aromatic amines is 1. The highest BCUT2D eigenvalue weighted by atomic mass is 32.2. The molecule has 500 valence electrons. The van der Waals surface area contributed by atoms with Crippen molar-refractivity contribution in [3.63, 3.8) is 0 Å². The van der Waals surface area contributed by atoms with Crippen LogP contribution in [-0.4, -0.2) is 201 Å². The second kappa shape index (κ2) is 27.3. The van der Waals surface area contributed by atoms with Crippen molar-refractivity contribution >= 4 is 81.7 Å². The van der Waals surface area contributed by atoms with Gasteiger partial charge in [0.2, 0.25) is 17.7 Å². The number of aliphatic hydroxyl groups excluding tert-OH is 1. The van der Waals surface area contributed by atoms with Crippen LogP contribution in [0.3, 0.4) is 0 Å². The first kappa shape index (κ1) is 68.2. The summed E-state index contributed by atoms with van der Waals surface area (Å²) in [7, 11) is 3.46. The van der Waals surface area contributed by atoms with E-state index in [0.717, 1.165) is 39.8 Å². The van der Waals surface area contributed by atoms with Crippen LogP contribution in [0.1, 0.15) is 141 Å². The van der Waals surface area contributed by atoms with Crippen molar-refractivity contribution in [2.75, 3.05) is 77.2 Å². The highest BCUT2D eigenvalue weighted by Gasteiger charge is 2.79. The zero-order valence-corrected chi connectivity index (χ0v) is 55.4. The minimum atomic E-state index is -2.49. The third-order valence-electron chi connectivity index (χ3n) is 21.8. The number of nitrogens with two attached hydrogens (primary N) is 2. The third-order valence-corrected chi connectivity index (χ3v) is 23.1. The highest BCUT2D eigenvalue weighted by Crippen LogP contribution is 2.67. The SMILES string of the molecule is CC[C@]1(O)C[C@H]2CN(CCc3c([nH]c4ccccc34)[C@@](COC=O)(c3cc4c(cc3OC)N(C)[C@H]3[C@@](O)(C(=O)N/N=C(/C)CCN5C(=O)CC(SCCCC(=O)[C@H](C)NC(=O)[C@H](C)CC(=O)[C@@H](C)CCCN=C(N)N)C5=O)[C@H](O)[C@]5(CC)C=CCN6CC[C@]43[C@@H]65)C2)C1. The molecule has 4 amide bonds. The Bertz CT molecular complexity index is 3430. The van der Waals surface area contributed by atoms with Crippen molar-refractivity contribution in [3.05, 3.63) is 70.9 Å². The number of aliphatic imine (C=N–C) groups is 1. The number of hydrogen-bond donors (Lipinski definition) is 8. The molecule has 2 bridgehead atoms. The predicted octanol–water partition coefficient (Wildman–Crippen LogP) is 4.13. The van der Waals surface area contributed by atoms with Gasteiger partial charge >= 0.3 is 0 Å². The van der Waals surface area contributed by atoms with Crippen LogP contribution < -0.4 is 31.8 Å². The molecular formula is C68H95N11O12S. The van der Waals surface area contributed by atoms with E-state index in [1.165, 1.54) is 16.7 Å². The van der Waals surface area contributed by atoms with E-state index in [1.54, 1.807) is 34.8 Å². The van der Waals surface area contributed by atoms with Crippen molar-refractivity contribution in [1.82, 2.24) is 30.4 Å². The van der Waals surface area contributed by atoms with Crippen molar-refractivity contribution in [1.29, 1.82) is 0 Å². The van der Waals surface area contributed by atoms with E-state index in [9.17, 15) is 44.1 Å². The van der Waals surface area contributed by atoms with E-state index < -0.39 is 68.6 Å². The van der Waals surface area contributed by atoms with Gasteiger partial charge in [0.1, 0.15) is 24.2 Å². The lowest BCUT2D eigenvalue weighted by Gasteiger charge is -2.63. The lowest BCUT2D eigenvalue weighted by Crippen LogP contribution is -2.81. The Labute approximate surface area is 543 Å². The number of para-hydroxylation sites is 1. The molecule has 0 radical (unpaired) electrons. The minimum Gasteiger partial charge on any atom is -0.496 e. The van der Waals surface area contributed by atoms with Gasteiger partial charge in [0.05, 0.1) is 35.5 Å². The molecule has 7 aliphatic rings. The van der Waals surface area contributed by atoms with Gasteiger partial charge in [0, 0.05) is 140 Å². The van der Waals surface area contributed by atoms with Gasteiger partial charge < -0.3 is 51.5 Å². The molecule has 92 heavy (non-hydrogen) atoms. The number of amides is 4. The number of anilines is 1. The molecule has 3 saturated heterocycles. The van der Waals surface area contributed by atoms with Crippen LogP contribution >= 0.6 is 11.8 Å². The maximum atomic E-state index is 15.4. The minimum absolute atomic E-state index is 0.00777. The van der Waals surface area contributed by atoms with Gasteiger partial charge in [-0.3, -0.25) is 53.3 Å². The molecule has 3 aromatic rings. The number of hydrogen-bond acceptors (Lipinski definition) is 18. The van der Waals surface area contributed by atoms with Crippen LogP contribution in [0.15, 0.2) is 58.6 Å². The molecule has 23 nitrogen and oxygen atoms in total. The average molecular weight is 1290 g/mol. The molecule has 4 fully saturated rings. The van der Waals surface area contributed by atoms with E-state index in [2.05, 4.69) is 53.8 Å². The summed E-state index contributed by atoms with van der Waals surface area (Å²) in [5.74, 6) is -2.32. The van der Waals surface area contributed by atoms with Crippen molar-refractivity contribution in [2.24, 2.45) is 44.7 Å². The Morgan fingerprint density at radius 3 is 2.48 bits per heavy atom. The summed E-state index contributed by atoms with van der Waals surface area (Å²) >= 11 is 1.29. The fraction of sp³-hybridized carbons (Fsp3) is 0.632. The number of methoxy groups -OCH3 is 1. The van der Waals surface area contributed by atoms with Gasteiger partial charge in [-0.05, 0) is 113 Å². The van der Waals surface area contributed by atoms with Crippen LogP contribution in [0.5, 0.6) is 5.75 Å². The summed E-state index contributed by atoms with van der Waals surface area (Å²) in [5, 5.41) is 46.6. The van der Waals surface area contributed by atoms with Gasteiger partial charge in [-0.25, -0.2) is 5.43 Å². The summed E-state index contributed by atoms with van der Waals surface area (Å²) in [6.45, 7) is 14.7. The van der Waals surface area contributed by atoms with Gasteiger partial charge in [-0.2, -0.15) is 5.10 Å². The molecule has 1 saturated carbocycles. The van der Waals surface area contributed by atoms with Crippen molar-refractivity contribution in [3.8, 4) is 5.75 Å². The van der Waals surface area contributed by atoms with Crippen LogP contribution in [0, 0.1) is 23.2 Å². The number of benzene rings is 2. The molecule has 10 N–H and O–H groups in total. The molecule has 10 rings (SSSR count). The van der Waals surface area contributed by atoms with E-state index >= 15 is 4.79 Å². The van der Waals surface area contributed by atoms with Crippen LogP contribution in [-0.2, 0) is 55.5 Å². The lowest BCUT2D eigenvalue weighted by atomic mass is 9.47. The number of nitrogens with zero attached hydrogens (tertiary/aromatic N) is 6. The number of piperidine rings is 1. The summed E-state index contributed by atoms with van der Waals surface area (Å²) in [4.78, 5) is 110. The van der Waals surface area contributed by atoms with Crippen molar-refractivity contribution in [2.45, 2.75) is 177 Å². The number of imide groups is 1. The second-order valence-electron chi connectivity index (χ2n) is 27.4. The van der Waals surface area contributed by atoms with E-state index in [0.29, 0.717) is 120 Å². The first-order chi connectivity index (χ1) is 43.9. The third kappa shape index (κ3) is 12.3. The van der Waals surface area contributed by atoms with E-state index in [1.807, 2.05) is 56.1 Å². The fourth-order valence-electron chi connectivity index (χ4n) is 17.2. The summed E-state index contributed by atoms with van der Waals surface area (Å²) in [6.07, 6.45) is 7.39. The van der Waals surface area contributed by atoms with Crippen LogP contribution in [0.2, 0.25) is 0 Å². The normalized spacial score (nSPS) is 30.8. The average Bonchev–Trinajstić information content (AvgIpc) is 1.45. The number of Topliss-reactive ketones (excluding diaryl/α,β-unsaturated/α-hetero) is 2. The number of rotatable bonds is 27.